The monoisotopic (exact) mass is 407 g/mol. The Balaban J connectivity index is 0.00000280. The number of aromatic hydroxyl groups is 1. The van der Waals surface area contributed by atoms with Gasteiger partial charge in [0.05, 0.1) is 11.9 Å². The topological polar surface area (TPSA) is 82.4 Å². The van der Waals surface area contributed by atoms with E-state index < -0.39 is 0 Å². The minimum absolute atomic E-state index is 0. The zero-order valence-electron chi connectivity index (χ0n) is 16.5. The van der Waals surface area contributed by atoms with Crippen molar-refractivity contribution < 1.29 is 9.90 Å². The van der Waals surface area contributed by atoms with Crippen LogP contribution in [0.3, 0.4) is 0 Å². The average molecular weight is 408 g/mol. The van der Waals surface area contributed by atoms with E-state index in [1.54, 1.807) is 0 Å². The van der Waals surface area contributed by atoms with Crippen LogP contribution in [-0.4, -0.2) is 65.0 Å². The van der Waals surface area contributed by atoms with Gasteiger partial charge in [0, 0.05) is 32.7 Å². The molecule has 1 amide bonds. The highest BCUT2D eigenvalue weighted by Gasteiger charge is 2.17. The third-order valence-corrected chi connectivity index (χ3v) is 4.88. The van der Waals surface area contributed by atoms with Crippen LogP contribution in [0.1, 0.15) is 42.2 Å². The smallest absolute Gasteiger partial charge is 0.275 e. The van der Waals surface area contributed by atoms with Gasteiger partial charge < -0.3 is 20.6 Å². The average Bonchev–Trinajstić information content (AvgIpc) is 3.08. The van der Waals surface area contributed by atoms with Crippen molar-refractivity contribution in [3.8, 4) is 11.4 Å². The lowest BCUT2D eigenvalue weighted by Crippen LogP contribution is -2.44. The van der Waals surface area contributed by atoms with Crippen molar-refractivity contribution in [3.63, 3.8) is 0 Å². The third-order valence-electron chi connectivity index (χ3n) is 4.88. The first kappa shape index (κ1) is 22.2. The van der Waals surface area contributed by atoms with Gasteiger partial charge in [0.25, 0.3) is 5.91 Å². The summed E-state index contributed by atoms with van der Waals surface area (Å²) >= 11 is 0. The molecule has 0 spiro atoms. The number of amides is 1. The molecule has 1 aliphatic heterocycles. The van der Waals surface area contributed by atoms with Crippen molar-refractivity contribution in [1.29, 1.82) is 0 Å². The number of aromatic nitrogens is 2. The highest BCUT2D eigenvalue weighted by molar-refractivity contribution is 5.94. The van der Waals surface area contributed by atoms with Gasteiger partial charge >= 0.3 is 0 Å². The van der Waals surface area contributed by atoms with E-state index in [0.29, 0.717) is 12.5 Å². The van der Waals surface area contributed by atoms with E-state index in [1.165, 1.54) is 16.4 Å². The van der Waals surface area contributed by atoms with E-state index >= 15 is 0 Å². The van der Waals surface area contributed by atoms with Crippen LogP contribution in [0, 0.1) is 0 Å². The maximum absolute atomic E-state index is 12.3. The van der Waals surface area contributed by atoms with Crippen LogP contribution in [0.5, 0.6) is 5.75 Å². The molecule has 0 radical (unpaired) electrons. The molecule has 3 N–H and O–H groups in total. The minimum Gasteiger partial charge on any atom is -0.504 e. The number of carbonyl (C=O) groups excluding carboxylic acids is 1. The molecule has 1 aromatic heterocycles. The van der Waals surface area contributed by atoms with Gasteiger partial charge in [0.15, 0.2) is 11.4 Å². The molecule has 0 unspecified atom stereocenters. The second-order valence-electron chi connectivity index (χ2n) is 7.25. The largest absolute Gasteiger partial charge is 0.504 e. The fraction of sp³-hybridized carbons (Fsp3) is 0.500. The molecule has 1 aliphatic rings. The van der Waals surface area contributed by atoms with Crippen LogP contribution in [0.15, 0.2) is 30.5 Å². The molecule has 1 aromatic carbocycles. The van der Waals surface area contributed by atoms with Crippen molar-refractivity contribution in [3.05, 3.63) is 41.7 Å². The molecule has 0 bridgehead atoms. The van der Waals surface area contributed by atoms with Gasteiger partial charge in [-0.1, -0.05) is 26.0 Å². The molecule has 0 atom stereocenters. The number of benzene rings is 1. The Kier molecular flexibility index (Phi) is 8.29. The molecular weight excluding hydrogens is 378 g/mol. The van der Waals surface area contributed by atoms with E-state index in [-0.39, 0.29) is 29.8 Å². The Morgan fingerprint density at radius 1 is 1.25 bits per heavy atom. The Labute approximate surface area is 172 Å². The van der Waals surface area contributed by atoms with Gasteiger partial charge in [-0.2, -0.15) is 5.10 Å². The SMILES string of the molecule is CC(C)c1ccc(-n2cc(O)c(C(=O)NCCCN3CCNCC3)n2)cc1.Cl. The molecule has 1 saturated heterocycles. The van der Waals surface area contributed by atoms with Crippen molar-refractivity contribution in [2.45, 2.75) is 26.2 Å². The number of carbonyl (C=O) groups is 1. The fourth-order valence-electron chi connectivity index (χ4n) is 3.19. The first-order chi connectivity index (χ1) is 13.0. The summed E-state index contributed by atoms with van der Waals surface area (Å²) < 4.78 is 1.54. The summed E-state index contributed by atoms with van der Waals surface area (Å²) in [5.74, 6) is 0.000477. The van der Waals surface area contributed by atoms with Gasteiger partial charge in [0.1, 0.15) is 0 Å². The summed E-state index contributed by atoms with van der Waals surface area (Å²) in [6.45, 7) is 9.95. The predicted octanol–water partition coefficient (Wildman–Crippen LogP) is 2.15. The van der Waals surface area contributed by atoms with Crippen LogP contribution >= 0.6 is 12.4 Å². The lowest BCUT2D eigenvalue weighted by Gasteiger charge is -2.26. The first-order valence-electron chi connectivity index (χ1n) is 9.65. The molecule has 3 rings (SSSR count). The first-order valence-corrected chi connectivity index (χ1v) is 9.65. The number of nitrogens with zero attached hydrogens (tertiary/aromatic N) is 3. The van der Waals surface area contributed by atoms with E-state index in [1.807, 2.05) is 24.3 Å². The number of rotatable bonds is 7. The summed E-state index contributed by atoms with van der Waals surface area (Å²) in [6, 6.07) is 7.96. The van der Waals surface area contributed by atoms with Crippen LogP contribution < -0.4 is 10.6 Å². The van der Waals surface area contributed by atoms with E-state index in [0.717, 1.165) is 44.8 Å². The van der Waals surface area contributed by atoms with Gasteiger partial charge in [-0.15, -0.1) is 12.4 Å². The van der Waals surface area contributed by atoms with Crippen molar-refractivity contribution >= 4 is 18.3 Å². The van der Waals surface area contributed by atoms with Crippen LogP contribution in [0.4, 0.5) is 0 Å². The number of hydrogen-bond donors (Lipinski definition) is 3. The highest BCUT2D eigenvalue weighted by Crippen LogP contribution is 2.20. The second kappa shape index (κ2) is 10.5. The minimum atomic E-state index is -0.342. The van der Waals surface area contributed by atoms with E-state index in [2.05, 4.69) is 34.5 Å². The molecule has 0 aliphatic carbocycles. The van der Waals surface area contributed by atoms with Gasteiger partial charge in [-0.25, -0.2) is 4.68 Å². The summed E-state index contributed by atoms with van der Waals surface area (Å²) in [5, 5.41) is 20.5. The molecule has 0 saturated carbocycles. The molecule has 2 heterocycles. The zero-order valence-corrected chi connectivity index (χ0v) is 17.3. The predicted molar refractivity (Wildman–Crippen MR) is 113 cm³/mol. The molecule has 28 heavy (non-hydrogen) atoms. The second-order valence-corrected chi connectivity index (χ2v) is 7.25. The van der Waals surface area contributed by atoms with Gasteiger partial charge in [-0.05, 0) is 36.6 Å². The van der Waals surface area contributed by atoms with Crippen molar-refractivity contribution in [2.24, 2.45) is 0 Å². The molecule has 2 aromatic rings. The van der Waals surface area contributed by atoms with Gasteiger partial charge in [-0.3, -0.25) is 4.79 Å². The number of halogens is 1. The standard InChI is InChI=1S/C20H29N5O2.ClH/c1-15(2)16-4-6-17(7-5-16)25-14-18(26)19(23-25)20(27)22-8-3-11-24-12-9-21-10-13-24;/h4-7,14-15,21,26H,3,8-13H2,1-2H3,(H,22,27);1H. The maximum Gasteiger partial charge on any atom is 0.275 e. The van der Waals surface area contributed by atoms with Crippen LogP contribution in [0.2, 0.25) is 0 Å². The maximum atomic E-state index is 12.3. The quantitative estimate of drug-likeness (QED) is 0.612. The van der Waals surface area contributed by atoms with Crippen LogP contribution in [0.25, 0.3) is 5.69 Å². The number of piperazine rings is 1. The molecule has 1 fully saturated rings. The lowest BCUT2D eigenvalue weighted by atomic mass is 10.0. The molecule has 8 heteroatoms. The summed E-state index contributed by atoms with van der Waals surface area (Å²) in [7, 11) is 0. The molecular formula is C20H30ClN5O2. The summed E-state index contributed by atoms with van der Waals surface area (Å²) in [6.07, 6.45) is 2.35. The third kappa shape index (κ3) is 5.70. The molecule has 154 valence electrons. The lowest BCUT2D eigenvalue weighted by molar-refractivity contribution is 0.0943. The Hall–Kier alpha value is -2.09. The normalized spacial score (nSPS) is 14.7. The highest BCUT2D eigenvalue weighted by atomic mass is 35.5. The summed E-state index contributed by atoms with van der Waals surface area (Å²) in [4.78, 5) is 14.7. The Morgan fingerprint density at radius 2 is 1.93 bits per heavy atom. The van der Waals surface area contributed by atoms with E-state index in [9.17, 15) is 9.90 Å². The zero-order chi connectivity index (χ0) is 19.2. The molecule has 7 nitrogen and oxygen atoms in total. The number of hydrogen-bond acceptors (Lipinski definition) is 5. The Morgan fingerprint density at radius 3 is 2.57 bits per heavy atom. The van der Waals surface area contributed by atoms with Crippen molar-refractivity contribution in [1.82, 2.24) is 25.3 Å². The van der Waals surface area contributed by atoms with Gasteiger partial charge in [0.2, 0.25) is 0 Å². The summed E-state index contributed by atoms with van der Waals surface area (Å²) in [5.41, 5.74) is 2.11. The van der Waals surface area contributed by atoms with Crippen molar-refractivity contribution in [2.75, 3.05) is 39.3 Å². The number of nitrogens with one attached hydrogen (secondary N) is 2. The van der Waals surface area contributed by atoms with E-state index in [4.69, 9.17) is 0 Å². The van der Waals surface area contributed by atoms with Crippen LogP contribution in [-0.2, 0) is 0 Å². The Bertz CT molecular complexity index is 754. The fourth-order valence-corrected chi connectivity index (χ4v) is 3.19.